The van der Waals surface area contributed by atoms with Crippen molar-refractivity contribution in [3.05, 3.63) is 170 Å². The number of hydrogen-bond donors (Lipinski definition) is 0. The summed E-state index contributed by atoms with van der Waals surface area (Å²) in [7, 11) is 0. The Balaban J connectivity index is 0.00000201. The minimum absolute atomic E-state index is 0. The van der Waals surface area contributed by atoms with Crippen molar-refractivity contribution in [2.75, 3.05) is 0 Å². The molecule has 0 saturated carbocycles. The Morgan fingerprint density at radius 2 is 0.646 bits per heavy atom. The molecule has 0 aliphatic carbocycles. The summed E-state index contributed by atoms with van der Waals surface area (Å²) in [6.45, 7) is 0. The average molecular weight is 668 g/mol. The summed E-state index contributed by atoms with van der Waals surface area (Å²) in [4.78, 5) is 7.33. The molecular weight excluding hydrogens is 639 g/mol. The molecule has 0 amide bonds. The van der Waals surface area contributed by atoms with E-state index >= 15 is 0 Å². The molecule has 0 unspecified atom stereocenters. The van der Waals surface area contributed by atoms with Gasteiger partial charge < -0.3 is 24.8 Å². The largest absolute Gasteiger partial charge is 1.00 e. The van der Waals surface area contributed by atoms with Gasteiger partial charge in [-0.25, -0.2) is 0 Å². The Labute approximate surface area is 290 Å². The quantitative estimate of drug-likeness (QED) is 0.231. The summed E-state index contributed by atoms with van der Waals surface area (Å²) in [6.07, 6.45) is 0. The zero-order valence-electron chi connectivity index (χ0n) is 25.5. The first-order chi connectivity index (χ1) is 22.8. The standard InChI is InChI=1S/C38H28N8.2ClH/c1-5-13-31(14-6-1)37-39-43(33-17-9-3-10-18-33)45(41-37)35-25-21-29(22-26-35)30-23-27-36(28-24-30)46-42-38(32-15-7-2-8-16-32)40-44(46)34-19-11-4-12-20-34;;/h1-28H;2*1H/q+2;;/p-2. The normalized spacial score (nSPS) is 10.6. The van der Waals surface area contributed by atoms with Gasteiger partial charge in [-0.3, -0.25) is 0 Å². The number of hydrogen-bond acceptors (Lipinski definition) is 4. The van der Waals surface area contributed by atoms with Gasteiger partial charge in [0.15, 0.2) is 11.4 Å². The van der Waals surface area contributed by atoms with Crippen LogP contribution < -0.4 is 34.4 Å². The summed E-state index contributed by atoms with van der Waals surface area (Å²) < 4.78 is 0. The van der Waals surface area contributed by atoms with Gasteiger partial charge in [0.2, 0.25) is 0 Å². The number of rotatable bonds is 7. The highest BCUT2D eigenvalue weighted by Gasteiger charge is 2.25. The van der Waals surface area contributed by atoms with Gasteiger partial charge in [0.25, 0.3) is 0 Å². The third-order valence-electron chi connectivity index (χ3n) is 7.68. The van der Waals surface area contributed by atoms with Gasteiger partial charge in [-0.2, -0.15) is 0 Å². The van der Waals surface area contributed by atoms with Crippen molar-refractivity contribution in [2.45, 2.75) is 0 Å². The number of benzene rings is 6. The van der Waals surface area contributed by atoms with E-state index in [9.17, 15) is 0 Å². The molecule has 2 aromatic heterocycles. The van der Waals surface area contributed by atoms with E-state index < -0.39 is 0 Å². The van der Waals surface area contributed by atoms with Crippen LogP contribution in [0.2, 0.25) is 0 Å². The fraction of sp³-hybridized carbons (Fsp3) is 0. The summed E-state index contributed by atoms with van der Waals surface area (Å²) >= 11 is 0. The number of para-hydroxylation sites is 2. The van der Waals surface area contributed by atoms with Gasteiger partial charge in [0.1, 0.15) is 11.4 Å². The lowest BCUT2D eigenvalue weighted by Gasteiger charge is -2.04. The molecule has 10 heteroatoms. The van der Waals surface area contributed by atoms with Crippen molar-refractivity contribution in [1.82, 2.24) is 30.0 Å². The average Bonchev–Trinajstić information content (AvgIpc) is 3.80. The Hall–Kier alpha value is -5.96. The molecule has 8 rings (SSSR count). The molecule has 234 valence electrons. The van der Waals surface area contributed by atoms with Crippen molar-refractivity contribution in [2.24, 2.45) is 0 Å². The molecule has 0 aliphatic heterocycles. The van der Waals surface area contributed by atoms with Gasteiger partial charge >= 0.3 is 11.6 Å². The van der Waals surface area contributed by atoms with Gasteiger partial charge in [0, 0.05) is 9.59 Å². The van der Waals surface area contributed by atoms with Crippen molar-refractivity contribution in [3.8, 4) is 56.7 Å². The maximum atomic E-state index is 4.88. The molecule has 8 nitrogen and oxygen atoms in total. The minimum Gasteiger partial charge on any atom is -1.00 e. The molecular formula is C38H28Cl2N8. The second-order valence-corrected chi connectivity index (χ2v) is 10.7. The summed E-state index contributed by atoms with van der Waals surface area (Å²) in [6, 6.07) is 56.8. The third kappa shape index (κ3) is 6.35. The van der Waals surface area contributed by atoms with Crippen molar-refractivity contribution >= 4 is 0 Å². The Kier molecular flexibility index (Phi) is 9.47. The maximum Gasteiger partial charge on any atom is 0.340 e. The van der Waals surface area contributed by atoms with Crippen LogP contribution in [-0.2, 0) is 0 Å². The van der Waals surface area contributed by atoms with Gasteiger partial charge in [0.05, 0.1) is 21.3 Å². The zero-order chi connectivity index (χ0) is 30.7. The first-order valence-corrected chi connectivity index (χ1v) is 15.0. The summed E-state index contributed by atoms with van der Waals surface area (Å²) in [5.74, 6) is 1.31. The van der Waals surface area contributed by atoms with E-state index in [1.165, 1.54) is 0 Å². The van der Waals surface area contributed by atoms with E-state index in [0.717, 1.165) is 45.0 Å². The molecule has 0 radical (unpaired) electrons. The van der Waals surface area contributed by atoms with E-state index in [1.807, 2.05) is 141 Å². The van der Waals surface area contributed by atoms with Gasteiger partial charge in [-0.05, 0) is 128 Å². The van der Waals surface area contributed by atoms with Crippen LogP contribution in [0, 0.1) is 0 Å². The van der Waals surface area contributed by atoms with Crippen LogP contribution in [0.25, 0.3) is 56.7 Å². The molecule has 0 atom stereocenters. The molecule has 0 saturated heterocycles. The van der Waals surface area contributed by atoms with Crippen molar-refractivity contribution in [3.63, 3.8) is 0 Å². The second kappa shape index (κ2) is 14.2. The number of nitrogens with zero attached hydrogens (tertiary/aromatic N) is 8. The van der Waals surface area contributed by atoms with Crippen LogP contribution in [-0.4, -0.2) is 30.0 Å². The number of halogens is 2. The molecule has 0 aliphatic rings. The maximum absolute atomic E-state index is 4.88. The van der Waals surface area contributed by atoms with E-state index in [2.05, 4.69) is 48.5 Å². The molecule has 8 aromatic rings. The van der Waals surface area contributed by atoms with Crippen molar-refractivity contribution in [1.29, 1.82) is 0 Å². The monoisotopic (exact) mass is 666 g/mol. The first-order valence-electron chi connectivity index (χ1n) is 15.0. The number of tetrazole rings is 2. The van der Waals surface area contributed by atoms with Gasteiger partial charge in [-0.15, -0.1) is 0 Å². The summed E-state index contributed by atoms with van der Waals surface area (Å²) in [5.41, 5.74) is 7.74. The smallest absolute Gasteiger partial charge is 0.340 e. The van der Waals surface area contributed by atoms with Crippen LogP contribution in [0.1, 0.15) is 0 Å². The highest BCUT2D eigenvalue weighted by molar-refractivity contribution is 5.65. The Bertz CT molecular complexity index is 2060. The molecule has 0 N–H and O–H groups in total. The van der Waals surface area contributed by atoms with E-state index in [-0.39, 0.29) is 24.8 Å². The summed E-state index contributed by atoms with van der Waals surface area (Å²) in [5, 5.41) is 19.5. The fourth-order valence-electron chi connectivity index (χ4n) is 5.34. The molecule has 6 aromatic carbocycles. The molecule has 0 bridgehead atoms. The van der Waals surface area contributed by atoms with Crippen LogP contribution in [0.5, 0.6) is 0 Å². The van der Waals surface area contributed by atoms with E-state index in [4.69, 9.17) is 20.4 Å². The molecule has 2 heterocycles. The Morgan fingerprint density at radius 3 is 0.979 bits per heavy atom. The van der Waals surface area contributed by atoms with Gasteiger partial charge in [-0.1, -0.05) is 72.8 Å². The second-order valence-electron chi connectivity index (χ2n) is 10.7. The van der Waals surface area contributed by atoms with Crippen LogP contribution >= 0.6 is 0 Å². The predicted molar refractivity (Wildman–Crippen MR) is 176 cm³/mol. The minimum atomic E-state index is 0. The first kappa shape index (κ1) is 32.0. The highest BCUT2D eigenvalue weighted by atomic mass is 35.5. The zero-order valence-corrected chi connectivity index (χ0v) is 27.0. The topological polar surface area (TPSA) is 69.2 Å². The lowest BCUT2D eigenvalue weighted by molar-refractivity contribution is -0.734. The molecule has 48 heavy (non-hydrogen) atoms. The van der Waals surface area contributed by atoms with E-state index in [0.29, 0.717) is 11.6 Å². The molecule has 0 fully saturated rings. The molecule has 0 spiro atoms. The number of aromatic nitrogens is 8. The van der Waals surface area contributed by atoms with E-state index in [1.54, 1.807) is 0 Å². The lowest BCUT2D eigenvalue weighted by atomic mass is 10.1. The fourth-order valence-corrected chi connectivity index (χ4v) is 5.34. The SMILES string of the molecule is [Cl-].[Cl-].c1ccc(-c2nn(-c3ccccc3)[n+](-c3ccc(-c4ccc(-[n+]5nc(-c6ccccc6)nn5-c5ccccc5)cc4)cc3)n2)cc1. The lowest BCUT2D eigenvalue weighted by Crippen LogP contribution is -3.00. The predicted octanol–water partition coefficient (Wildman–Crippen LogP) is 0.410. The van der Waals surface area contributed by atoms with Crippen LogP contribution in [0.3, 0.4) is 0 Å². The Morgan fingerprint density at radius 1 is 0.333 bits per heavy atom. The van der Waals surface area contributed by atoms with Crippen LogP contribution in [0.4, 0.5) is 0 Å². The third-order valence-corrected chi connectivity index (χ3v) is 7.68. The van der Waals surface area contributed by atoms with Crippen LogP contribution in [0.15, 0.2) is 170 Å². The van der Waals surface area contributed by atoms with Crippen molar-refractivity contribution < 1.29 is 34.4 Å². The highest BCUT2D eigenvalue weighted by Crippen LogP contribution is 2.22.